The third kappa shape index (κ3) is 3.87. The average molecular weight is 398 g/mol. The highest BCUT2D eigenvalue weighted by molar-refractivity contribution is 7.98. The van der Waals surface area contributed by atoms with E-state index in [0.717, 1.165) is 21.8 Å². The molecule has 1 N–H and O–H groups in total. The van der Waals surface area contributed by atoms with Crippen molar-refractivity contribution in [2.24, 2.45) is 7.05 Å². The van der Waals surface area contributed by atoms with Gasteiger partial charge in [-0.3, -0.25) is 14.3 Å². The summed E-state index contributed by atoms with van der Waals surface area (Å²) in [6.45, 7) is 5.50. The van der Waals surface area contributed by atoms with Gasteiger partial charge in [-0.25, -0.2) is 4.68 Å². The fourth-order valence-corrected chi connectivity index (χ4v) is 3.50. The Labute approximate surface area is 167 Å². The lowest BCUT2D eigenvalue weighted by Gasteiger charge is -2.15. The Kier molecular flexibility index (Phi) is 5.69. The van der Waals surface area contributed by atoms with Crippen molar-refractivity contribution in [3.63, 3.8) is 0 Å². The largest absolute Gasteiger partial charge is 0.324 e. The minimum absolute atomic E-state index is 0.301. The van der Waals surface area contributed by atoms with E-state index < -0.39 is 6.04 Å². The van der Waals surface area contributed by atoms with Gasteiger partial charge in [-0.2, -0.15) is 10.2 Å². The fraction of sp³-hybridized carbons (Fsp3) is 0.300. The first-order valence-electron chi connectivity index (χ1n) is 8.87. The van der Waals surface area contributed by atoms with Crippen LogP contribution in [0.1, 0.15) is 24.4 Å². The Morgan fingerprint density at radius 1 is 1.18 bits per heavy atom. The Bertz CT molecular complexity index is 1090. The van der Waals surface area contributed by atoms with E-state index in [9.17, 15) is 9.59 Å². The molecule has 0 fully saturated rings. The van der Waals surface area contributed by atoms with Crippen LogP contribution in [0.3, 0.4) is 0 Å². The smallest absolute Gasteiger partial charge is 0.267 e. The number of aryl methyl sites for hydroxylation is 2. The lowest BCUT2D eigenvalue weighted by atomic mass is 10.1. The number of thioether (sulfide) groups is 1. The second kappa shape index (κ2) is 8.02. The molecule has 2 aromatic heterocycles. The number of hydrogen-bond acceptors (Lipinski definition) is 5. The molecule has 146 valence electrons. The SMILES string of the molecule is CSc1cccc(NC(=O)C(C)n2nc(-c3c(C)nn(C)c3C)ccc2=O)c1. The lowest BCUT2D eigenvalue weighted by molar-refractivity contribution is -0.119. The minimum atomic E-state index is -0.761. The van der Waals surface area contributed by atoms with Crippen molar-refractivity contribution < 1.29 is 4.79 Å². The maximum absolute atomic E-state index is 12.7. The summed E-state index contributed by atoms with van der Waals surface area (Å²) in [6.07, 6.45) is 1.97. The second-order valence-corrected chi connectivity index (χ2v) is 7.45. The van der Waals surface area contributed by atoms with Crippen molar-refractivity contribution in [1.82, 2.24) is 19.6 Å². The van der Waals surface area contributed by atoms with E-state index in [1.807, 2.05) is 51.4 Å². The van der Waals surface area contributed by atoms with Crippen molar-refractivity contribution >= 4 is 23.4 Å². The van der Waals surface area contributed by atoms with Gasteiger partial charge in [-0.1, -0.05) is 6.07 Å². The van der Waals surface area contributed by atoms with Gasteiger partial charge in [-0.05, 0) is 51.3 Å². The highest BCUT2D eigenvalue weighted by Gasteiger charge is 2.20. The fourth-order valence-electron chi connectivity index (χ4n) is 3.04. The van der Waals surface area contributed by atoms with Crippen LogP contribution in [0.4, 0.5) is 5.69 Å². The molecule has 1 unspecified atom stereocenters. The van der Waals surface area contributed by atoms with Gasteiger partial charge in [-0.15, -0.1) is 11.8 Å². The third-order valence-electron chi connectivity index (χ3n) is 4.67. The van der Waals surface area contributed by atoms with Gasteiger partial charge >= 0.3 is 0 Å². The molecule has 0 saturated heterocycles. The van der Waals surface area contributed by atoms with Crippen molar-refractivity contribution in [3.8, 4) is 11.3 Å². The van der Waals surface area contributed by atoms with Crippen LogP contribution in [0.2, 0.25) is 0 Å². The van der Waals surface area contributed by atoms with Crippen molar-refractivity contribution in [2.45, 2.75) is 31.7 Å². The number of benzene rings is 1. The van der Waals surface area contributed by atoms with Gasteiger partial charge in [0.1, 0.15) is 6.04 Å². The number of nitrogens with zero attached hydrogens (tertiary/aromatic N) is 4. The van der Waals surface area contributed by atoms with Gasteiger partial charge in [0.25, 0.3) is 5.56 Å². The Morgan fingerprint density at radius 2 is 1.93 bits per heavy atom. The van der Waals surface area contributed by atoms with Crippen LogP contribution >= 0.6 is 11.8 Å². The van der Waals surface area contributed by atoms with E-state index in [1.54, 1.807) is 29.4 Å². The molecule has 8 heteroatoms. The number of rotatable bonds is 5. The zero-order chi connectivity index (χ0) is 20.4. The molecule has 0 aliphatic rings. The first kappa shape index (κ1) is 19.9. The molecule has 1 atom stereocenters. The summed E-state index contributed by atoms with van der Waals surface area (Å²) >= 11 is 1.59. The summed E-state index contributed by atoms with van der Waals surface area (Å²) in [5.41, 5.74) is 3.61. The van der Waals surface area contributed by atoms with Crippen LogP contribution in [0.15, 0.2) is 46.1 Å². The van der Waals surface area contributed by atoms with Crippen molar-refractivity contribution in [3.05, 3.63) is 58.1 Å². The predicted octanol–water partition coefficient (Wildman–Crippen LogP) is 3.18. The second-order valence-electron chi connectivity index (χ2n) is 6.57. The van der Waals surface area contributed by atoms with Gasteiger partial charge < -0.3 is 5.32 Å². The standard InChI is InChI=1S/C20H23N5O2S/c1-12-19(13(2)24(4)22-12)17-9-10-18(26)25(23-17)14(3)20(27)21-15-7-6-8-16(11-15)28-5/h6-11,14H,1-5H3,(H,21,27). The van der Waals surface area contributed by atoms with E-state index >= 15 is 0 Å². The molecular formula is C20H23N5O2S. The Morgan fingerprint density at radius 3 is 2.57 bits per heavy atom. The van der Waals surface area contributed by atoms with Crippen molar-refractivity contribution in [2.75, 3.05) is 11.6 Å². The quantitative estimate of drug-likeness (QED) is 0.669. The summed E-state index contributed by atoms with van der Waals surface area (Å²) in [6, 6.07) is 9.91. The van der Waals surface area contributed by atoms with Gasteiger partial charge in [0.2, 0.25) is 5.91 Å². The minimum Gasteiger partial charge on any atom is -0.324 e. The van der Waals surface area contributed by atoms with E-state index in [4.69, 9.17) is 0 Å². The summed E-state index contributed by atoms with van der Waals surface area (Å²) in [7, 11) is 1.86. The Balaban J connectivity index is 1.92. The van der Waals surface area contributed by atoms with Crippen molar-refractivity contribution in [1.29, 1.82) is 0 Å². The highest BCUT2D eigenvalue weighted by Crippen LogP contribution is 2.24. The average Bonchev–Trinajstić information content (AvgIpc) is 2.93. The van der Waals surface area contributed by atoms with Crippen LogP contribution in [-0.2, 0) is 11.8 Å². The summed E-state index contributed by atoms with van der Waals surface area (Å²) in [4.78, 5) is 26.1. The molecule has 0 bridgehead atoms. The maximum Gasteiger partial charge on any atom is 0.267 e. The van der Waals surface area contributed by atoms with Crippen LogP contribution in [0.25, 0.3) is 11.3 Å². The maximum atomic E-state index is 12.7. The molecule has 1 amide bonds. The lowest BCUT2D eigenvalue weighted by Crippen LogP contribution is -2.33. The molecular weight excluding hydrogens is 374 g/mol. The molecule has 3 rings (SSSR count). The number of hydrogen-bond donors (Lipinski definition) is 1. The first-order valence-corrected chi connectivity index (χ1v) is 10.1. The molecule has 3 aromatic rings. The number of nitrogens with one attached hydrogen (secondary N) is 1. The van der Waals surface area contributed by atoms with Crippen LogP contribution in [-0.4, -0.2) is 31.7 Å². The highest BCUT2D eigenvalue weighted by atomic mass is 32.2. The molecule has 2 heterocycles. The first-order chi connectivity index (χ1) is 13.3. The van der Waals surface area contributed by atoms with Crippen LogP contribution in [0.5, 0.6) is 0 Å². The zero-order valence-electron chi connectivity index (χ0n) is 16.6. The van der Waals surface area contributed by atoms with Gasteiger partial charge in [0, 0.05) is 35.0 Å². The number of carbonyl (C=O) groups excluding carboxylic acids is 1. The van der Waals surface area contributed by atoms with E-state index in [-0.39, 0.29) is 11.5 Å². The monoisotopic (exact) mass is 397 g/mol. The molecule has 7 nitrogen and oxygen atoms in total. The number of aromatic nitrogens is 4. The summed E-state index contributed by atoms with van der Waals surface area (Å²) in [5, 5.41) is 11.7. The van der Waals surface area contributed by atoms with E-state index in [0.29, 0.717) is 11.4 Å². The molecule has 28 heavy (non-hydrogen) atoms. The number of carbonyl (C=O) groups is 1. The molecule has 0 aliphatic heterocycles. The molecule has 1 aromatic carbocycles. The number of amides is 1. The summed E-state index contributed by atoms with van der Waals surface area (Å²) < 4.78 is 2.99. The zero-order valence-corrected chi connectivity index (χ0v) is 17.4. The third-order valence-corrected chi connectivity index (χ3v) is 5.40. The molecule has 0 saturated carbocycles. The molecule has 0 aliphatic carbocycles. The molecule has 0 radical (unpaired) electrons. The number of anilines is 1. The predicted molar refractivity (Wildman–Crippen MR) is 112 cm³/mol. The van der Waals surface area contributed by atoms with Gasteiger partial charge in [0.15, 0.2) is 0 Å². The normalized spacial score (nSPS) is 12.0. The molecule has 0 spiro atoms. The van der Waals surface area contributed by atoms with E-state index in [2.05, 4.69) is 15.5 Å². The van der Waals surface area contributed by atoms with Gasteiger partial charge in [0.05, 0.1) is 11.4 Å². The van der Waals surface area contributed by atoms with Crippen LogP contribution in [0, 0.1) is 13.8 Å². The van der Waals surface area contributed by atoms with Crippen LogP contribution < -0.4 is 10.9 Å². The van der Waals surface area contributed by atoms with E-state index in [1.165, 1.54) is 10.7 Å². The topological polar surface area (TPSA) is 81.8 Å². The Hall–Kier alpha value is -2.87. The summed E-state index contributed by atoms with van der Waals surface area (Å²) in [5.74, 6) is -0.301.